The number of amides is 2. The number of hydrogen-bond donors (Lipinski definition) is 3. The van der Waals surface area contributed by atoms with Crippen molar-refractivity contribution in [2.24, 2.45) is 5.73 Å². The normalized spacial score (nSPS) is 11.9. The third-order valence-electron chi connectivity index (χ3n) is 2.77. The van der Waals surface area contributed by atoms with Crippen LogP contribution in [-0.2, 0) is 11.3 Å². The van der Waals surface area contributed by atoms with Crippen molar-refractivity contribution < 1.29 is 9.59 Å². The molecule has 0 saturated carbocycles. The molecule has 1 aromatic rings. The van der Waals surface area contributed by atoms with Crippen molar-refractivity contribution in [3.05, 3.63) is 35.4 Å². The van der Waals surface area contributed by atoms with Gasteiger partial charge in [-0.2, -0.15) is 0 Å². The summed E-state index contributed by atoms with van der Waals surface area (Å²) >= 11 is 0. The molecular formula is C14H21N3O2. The summed E-state index contributed by atoms with van der Waals surface area (Å²) in [6.07, 6.45) is 0.916. The second-order valence-corrected chi connectivity index (χ2v) is 4.46. The molecule has 5 nitrogen and oxygen atoms in total. The summed E-state index contributed by atoms with van der Waals surface area (Å²) in [5.41, 5.74) is 6.62. The molecule has 2 amide bonds. The molecule has 0 spiro atoms. The number of primary amides is 1. The highest BCUT2D eigenvalue weighted by molar-refractivity contribution is 5.92. The van der Waals surface area contributed by atoms with Crippen LogP contribution >= 0.6 is 0 Å². The summed E-state index contributed by atoms with van der Waals surface area (Å²) in [6.45, 7) is 5.01. The molecule has 1 rings (SSSR count). The molecule has 1 unspecified atom stereocenters. The van der Waals surface area contributed by atoms with Crippen molar-refractivity contribution in [3.63, 3.8) is 0 Å². The molecule has 0 aliphatic heterocycles. The van der Waals surface area contributed by atoms with Gasteiger partial charge in [-0.05, 0) is 31.0 Å². The van der Waals surface area contributed by atoms with E-state index in [1.54, 1.807) is 18.2 Å². The monoisotopic (exact) mass is 263 g/mol. The van der Waals surface area contributed by atoms with Crippen LogP contribution in [0.2, 0.25) is 0 Å². The maximum Gasteiger partial charge on any atom is 0.248 e. The van der Waals surface area contributed by atoms with E-state index < -0.39 is 5.91 Å². The quantitative estimate of drug-likeness (QED) is 0.680. The van der Waals surface area contributed by atoms with Crippen molar-refractivity contribution in [1.82, 2.24) is 10.6 Å². The average Bonchev–Trinajstić information content (AvgIpc) is 2.42. The molecule has 0 heterocycles. The van der Waals surface area contributed by atoms with E-state index >= 15 is 0 Å². The van der Waals surface area contributed by atoms with E-state index in [2.05, 4.69) is 10.6 Å². The Morgan fingerprint density at radius 1 is 1.37 bits per heavy atom. The molecule has 1 aromatic carbocycles. The van der Waals surface area contributed by atoms with E-state index in [0.717, 1.165) is 12.0 Å². The summed E-state index contributed by atoms with van der Waals surface area (Å²) in [7, 11) is 0. The van der Waals surface area contributed by atoms with E-state index in [-0.39, 0.29) is 11.9 Å². The van der Waals surface area contributed by atoms with Crippen LogP contribution in [0.25, 0.3) is 0 Å². The first-order valence-electron chi connectivity index (χ1n) is 6.44. The lowest BCUT2D eigenvalue weighted by Crippen LogP contribution is -2.42. The minimum Gasteiger partial charge on any atom is -0.366 e. The van der Waals surface area contributed by atoms with Crippen LogP contribution in [-0.4, -0.2) is 24.4 Å². The topological polar surface area (TPSA) is 84.2 Å². The number of carbonyl (C=O) groups is 2. The minimum atomic E-state index is -0.449. The van der Waals surface area contributed by atoms with Crippen molar-refractivity contribution in [1.29, 1.82) is 0 Å². The average molecular weight is 263 g/mol. The Kier molecular flexibility index (Phi) is 6.02. The van der Waals surface area contributed by atoms with Crippen LogP contribution in [0.4, 0.5) is 0 Å². The predicted octanol–water partition coefficient (Wildman–Crippen LogP) is 0.790. The van der Waals surface area contributed by atoms with Gasteiger partial charge >= 0.3 is 0 Å². The summed E-state index contributed by atoms with van der Waals surface area (Å²) in [5, 5.41) is 5.93. The summed E-state index contributed by atoms with van der Waals surface area (Å²) in [4.78, 5) is 22.7. The Morgan fingerprint density at radius 2 is 2.11 bits per heavy atom. The SMILES string of the molecule is CCCNC(=O)C(C)NCc1cccc(C(N)=O)c1. The number of hydrogen-bond acceptors (Lipinski definition) is 3. The Labute approximate surface area is 113 Å². The lowest BCUT2D eigenvalue weighted by molar-refractivity contribution is -0.122. The van der Waals surface area contributed by atoms with Gasteiger partial charge in [0.2, 0.25) is 11.8 Å². The minimum absolute atomic E-state index is 0.0205. The van der Waals surface area contributed by atoms with Gasteiger partial charge in [0.15, 0.2) is 0 Å². The molecule has 0 aromatic heterocycles. The lowest BCUT2D eigenvalue weighted by Gasteiger charge is -2.14. The summed E-state index contributed by atoms with van der Waals surface area (Å²) in [6, 6.07) is 6.79. The Morgan fingerprint density at radius 3 is 2.74 bits per heavy atom. The Hall–Kier alpha value is -1.88. The molecule has 0 fully saturated rings. The molecule has 0 bridgehead atoms. The van der Waals surface area contributed by atoms with Gasteiger partial charge in [0.1, 0.15) is 0 Å². The third-order valence-corrected chi connectivity index (χ3v) is 2.77. The first-order chi connectivity index (χ1) is 9.04. The van der Waals surface area contributed by atoms with Gasteiger partial charge in [0.25, 0.3) is 0 Å². The molecule has 104 valence electrons. The van der Waals surface area contributed by atoms with Crippen LogP contribution in [0, 0.1) is 0 Å². The van der Waals surface area contributed by atoms with Crippen LogP contribution in [0.5, 0.6) is 0 Å². The fourth-order valence-corrected chi connectivity index (χ4v) is 1.60. The zero-order valence-electron chi connectivity index (χ0n) is 11.4. The van der Waals surface area contributed by atoms with Gasteiger partial charge in [0.05, 0.1) is 6.04 Å². The number of benzene rings is 1. The summed E-state index contributed by atoms with van der Waals surface area (Å²) < 4.78 is 0. The van der Waals surface area contributed by atoms with E-state index in [1.807, 2.05) is 19.9 Å². The number of nitrogens with two attached hydrogens (primary N) is 1. The molecule has 5 heteroatoms. The van der Waals surface area contributed by atoms with E-state index in [9.17, 15) is 9.59 Å². The zero-order valence-corrected chi connectivity index (χ0v) is 11.4. The molecule has 0 radical (unpaired) electrons. The number of rotatable bonds is 7. The van der Waals surface area contributed by atoms with Crippen molar-refractivity contribution in [3.8, 4) is 0 Å². The summed E-state index contributed by atoms with van der Waals surface area (Å²) in [5.74, 6) is -0.469. The molecule has 1 atom stereocenters. The number of nitrogens with one attached hydrogen (secondary N) is 2. The van der Waals surface area contributed by atoms with E-state index in [1.165, 1.54) is 0 Å². The third kappa shape index (κ3) is 5.09. The first-order valence-corrected chi connectivity index (χ1v) is 6.44. The zero-order chi connectivity index (χ0) is 14.3. The van der Waals surface area contributed by atoms with Crippen molar-refractivity contribution in [2.45, 2.75) is 32.9 Å². The van der Waals surface area contributed by atoms with Crippen LogP contribution in [0.15, 0.2) is 24.3 Å². The van der Waals surface area contributed by atoms with Gasteiger partial charge in [-0.1, -0.05) is 19.1 Å². The molecule has 19 heavy (non-hydrogen) atoms. The van der Waals surface area contributed by atoms with Crippen LogP contribution in [0.3, 0.4) is 0 Å². The fraction of sp³-hybridized carbons (Fsp3) is 0.429. The molecule has 4 N–H and O–H groups in total. The maximum atomic E-state index is 11.7. The Bertz CT molecular complexity index is 446. The van der Waals surface area contributed by atoms with Crippen molar-refractivity contribution >= 4 is 11.8 Å². The molecule has 0 aliphatic carbocycles. The van der Waals surface area contributed by atoms with Gasteiger partial charge in [0, 0.05) is 18.7 Å². The van der Waals surface area contributed by atoms with Crippen LogP contribution < -0.4 is 16.4 Å². The van der Waals surface area contributed by atoms with Crippen molar-refractivity contribution in [2.75, 3.05) is 6.54 Å². The van der Waals surface area contributed by atoms with E-state index in [0.29, 0.717) is 18.7 Å². The molecular weight excluding hydrogens is 242 g/mol. The van der Waals surface area contributed by atoms with Gasteiger partial charge in [-0.15, -0.1) is 0 Å². The molecule has 0 aliphatic rings. The highest BCUT2D eigenvalue weighted by atomic mass is 16.2. The largest absolute Gasteiger partial charge is 0.366 e. The fourth-order valence-electron chi connectivity index (χ4n) is 1.60. The maximum absolute atomic E-state index is 11.7. The lowest BCUT2D eigenvalue weighted by atomic mass is 10.1. The highest BCUT2D eigenvalue weighted by Gasteiger charge is 2.11. The predicted molar refractivity (Wildman–Crippen MR) is 74.6 cm³/mol. The highest BCUT2D eigenvalue weighted by Crippen LogP contribution is 2.04. The smallest absolute Gasteiger partial charge is 0.248 e. The number of carbonyl (C=O) groups excluding carboxylic acids is 2. The standard InChI is InChI=1S/C14H21N3O2/c1-3-7-16-14(19)10(2)17-9-11-5-4-6-12(8-11)13(15)18/h4-6,8,10,17H,3,7,9H2,1-2H3,(H2,15,18)(H,16,19). The second-order valence-electron chi connectivity index (χ2n) is 4.46. The van der Waals surface area contributed by atoms with Gasteiger partial charge < -0.3 is 16.4 Å². The second kappa shape index (κ2) is 7.53. The van der Waals surface area contributed by atoms with Gasteiger partial charge in [-0.25, -0.2) is 0 Å². The first kappa shape index (κ1) is 15.2. The van der Waals surface area contributed by atoms with E-state index in [4.69, 9.17) is 5.73 Å². The van der Waals surface area contributed by atoms with Crippen LogP contribution in [0.1, 0.15) is 36.2 Å². The molecule has 0 saturated heterocycles. The Balaban J connectivity index is 2.50. The van der Waals surface area contributed by atoms with Gasteiger partial charge in [-0.3, -0.25) is 9.59 Å².